The normalized spacial score (nSPS) is 10.5. The van der Waals surface area contributed by atoms with Crippen LogP contribution in [0.4, 0.5) is 0 Å². The Bertz CT molecular complexity index is 568. The Labute approximate surface area is 121 Å². The molecular formula is C13H16N4O2S. The molecule has 0 unspecified atom stereocenters. The fourth-order valence-corrected chi connectivity index (χ4v) is 1.94. The van der Waals surface area contributed by atoms with Gasteiger partial charge < -0.3 is 9.84 Å². The van der Waals surface area contributed by atoms with Crippen LogP contribution in [0.25, 0.3) is 0 Å². The highest BCUT2D eigenvalue weighted by molar-refractivity contribution is 7.98. The van der Waals surface area contributed by atoms with E-state index in [0.29, 0.717) is 23.0 Å². The molecule has 20 heavy (non-hydrogen) atoms. The Morgan fingerprint density at radius 2 is 2.15 bits per heavy atom. The molecular weight excluding hydrogens is 276 g/mol. The molecule has 1 N–H and O–H groups in total. The smallest absolute Gasteiger partial charge is 0.254 e. The van der Waals surface area contributed by atoms with Gasteiger partial charge in [0.05, 0.1) is 17.8 Å². The van der Waals surface area contributed by atoms with Gasteiger partial charge in [0.15, 0.2) is 10.9 Å². The highest BCUT2D eigenvalue weighted by atomic mass is 32.2. The van der Waals surface area contributed by atoms with Crippen molar-refractivity contribution >= 4 is 17.7 Å². The van der Waals surface area contributed by atoms with Crippen LogP contribution in [0.15, 0.2) is 28.1 Å². The van der Waals surface area contributed by atoms with Gasteiger partial charge in [-0.25, -0.2) is 9.97 Å². The summed E-state index contributed by atoms with van der Waals surface area (Å²) in [5.41, 5.74) is 1.33. The van der Waals surface area contributed by atoms with Gasteiger partial charge in [0.1, 0.15) is 0 Å². The van der Waals surface area contributed by atoms with Crippen molar-refractivity contribution < 1.29 is 9.32 Å². The van der Waals surface area contributed by atoms with Crippen molar-refractivity contribution in [1.82, 2.24) is 20.4 Å². The number of aromatic nitrogens is 3. The fourth-order valence-electron chi connectivity index (χ4n) is 1.62. The number of hydrogen-bond donors (Lipinski definition) is 1. The molecule has 0 fully saturated rings. The zero-order chi connectivity index (χ0) is 14.4. The SMILES string of the molecule is CCCc1cc(CNC(=O)c2cnc(SC)nc2)on1. The second-order valence-electron chi connectivity index (χ2n) is 4.18. The van der Waals surface area contributed by atoms with Gasteiger partial charge in [0, 0.05) is 18.5 Å². The lowest BCUT2D eigenvalue weighted by Crippen LogP contribution is -2.22. The monoisotopic (exact) mass is 292 g/mol. The van der Waals surface area contributed by atoms with Gasteiger partial charge in [0.2, 0.25) is 0 Å². The summed E-state index contributed by atoms with van der Waals surface area (Å²) < 4.78 is 5.14. The maximum atomic E-state index is 11.9. The van der Waals surface area contributed by atoms with E-state index in [0.717, 1.165) is 18.5 Å². The predicted molar refractivity (Wildman–Crippen MR) is 75.5 cm³/mol. The summed E-state index contributed by atoms with van der Waals surface area (Å²) in [6, 6.07) is 1.86. The molecule has 0 aliphatic carbocycles. The number of rotatable bonds is 6. The number of carbonyl (C=O) groups excluding carboxylic acids is 1. The van der Waals surface area contributed by atoms with Crippen molar-refractivity contribution in [2.24, 2.45) is 0 Å². The molecule has 2 heterocycles. The van der Waals surface area contributed by atoms with Gasteiger partial charge in [-0.3, -0.25) is 4.79 Å². The minimum Gasteiger partial charge on any atom is -0.359 e. The van der Waals surface area contributed by atoms with E-state index in [-0.39, 0.29) is 5.91 Å². The molecule has 0 aliphatic heterocycles. The fraction of sp³-hybridized carbons (Fsp3) is 0.385. The third-order valence-corrected chi connectivity index (χ3v) is 3.19. The average molecular weight is 292 g/mol. The van der Waals surface area contributed by atoms with Crippen LogP contribution < -0.4 is 5.32 Å². The van der Waals surface area contributed by atoms with Gasteiger partial charge in [-0.05, 0) is 12.7 Å². The molecule has 0 atom stereocenters. The van der Waals surface area contributed by atoms with Crippen molar-refractivity contribution in [3.05, 3.63) is 35.5 Å². The molecule has 0 aliphatic rings. The first-order chi connectivity index (χ1) is 9.72. The quantitative estimate of drug-likeness (QED) is 0.648. The summed E-state index contributed by atoms with van der Waals surface area (Å²) in [6.07, 6.45) is 6.79. The second kappa shape index (κ2) is 7.04. The standard InChI is InChI=1S/C13H16N4O2S/c1-3-4-10-5-11(19-17-10)8-14-12(18)9-6-15-13(20-2)16-7-9/h5-7H,3-4,8H2,1-2H3,(H,14,18). The summed E-state index contributed by atoms with van der Waals surface area (Å²) in [6.45, 7) is 2.38. The summed E-state index contributed by atoms with van der Waals surface area (Å²) in [5, 5.41) is 7.31. The highest BCUT2D eigenvalue weighted by Crippen LogP contribution is 2.08. The van der Waals surface area contributed by atoms with Crippen LogP contribution in [0.1, 0.15) is 35.2 Å². The third-order valence-electron chi connectivity index (χ3n) is 2.61. The van der Waals surface area contributed by atoms with E-state index in [9.17, 15) is 4.79 Å². The zero-order valence-electron chi connectivity index (χ0n) is 11.4. The minimum atomic E-state index is -0.230. The lowest BCUT2D eigenvalue weighted by molar-refractivity contribution is 0.0946. The number of hydrogen-bond acceptors (Lipinski definition) is 6. The Morgan fingerprint density at radius 3 is 2.80 bits per heavy atom. The maximum absolute atomic E-state index is 11.9. The van der Waals surface area contributed by atoms with E-state index in [1.165, 1.54) is 24.2 Å². The summed E-state index contributed by atoms with van der Waals surface area (Å²) >= 11 is 1.43. The van der Waals surface area contributed by atoms with Gasteiger partial charge in [0.25, 0.3) is 5.91 Å². The van der Waals surface area contributed by atoms with Gasteiger partial charge in [-0.2, -0.15) is 0 Å². The third kappa shape index (κ3) is 3.80. The molecule has 106 valence electrons. The predicted octanol–water partition coefficient (Wildman–Crippen LogP) is 2.07. The summed E-state index contributed by atoms with van der Waals surface area (Å²) in [7, 11) is 0. The number of thioether (sulfide) groups is 1. The molecule has 7 heteroatoms. The molecule has 0 bridgehead atoms. The number of aryl methyl sites for hydroxylation is 1. The van der Waals surface area contributed by atoms with E-state index in [4.69, 9.17) is 4.52 Å². The zero-order valence-corrected chi connectivity index (χ0v) is 12.2. The first-order valence-corrected chi connectivity index (χ1v) is 7.54. The molecule has 0 saturated carbocycles. The number of carbonyl (C=O) groups is 1. The first kappa shape index (κ1) is 14.5. The topological polar surface area (TPSA) is 80.9 Å². The van der Waals surface area contributed by atoms with Crippen molar-refractivity contribution in [3.8, 4) is 0 Å². The summed E-state index contributed by atoms with van der Waals surface area (Å²) in [4.78, 5) is 20.0. The summed E-state index contributed by atoms with van der Waals surface area (Å²) in [5.74, 6) is 0.412. The first-order valence-electron chi connectivity index (χ1n) is 6.31. The molecule has 2 aromatic heterocycles. The van der Waals surface area contributed by atoms with E-state index in [1.54, 1.807) is 0 Å². The van der Waals surface area contributed by atoms with Gasteiger partial charge in [-0.1, -0.05) is 30.3 Å². The molecule has 0 spiro atoms. The Kier molecular flexibility index (Phi) is 5.11. The van der Waals surface area contributed by atoms with Crippen LogP contribution in [-0.4, -0.2) is 27.3 Å². The Balaban J connectivity index is 1.90. The van der Waals surface area contributed by atoms with Crippen LogP contribution >= 0.6 is 11.8 Å². The Morgan fingerprint density at radius 1 is 1.40 bits per heavy atom. The lowest BCUT2D eigenvalue weighted by atomic mass is 10.2. The maximum Gasteiger partial charge on any atom is 0.254 e. The van der Waals surface area contributed by atoms with Gasteiger partial charge >= 0.3 is 0 Å². The molecule has 2 rings (SSSR count). The van der Waals surface area contributed by atoms with Crippen molar-refractivity contribution in [1.29, 1.82) is 0 Å². The van der Waals surface area contributed by atoms with Crippen molar-refractivity contribution in [2.45, 2.75) is 31.5 Å². The molecule has 2 aromatic rings. The van der Waals surface area contributed by atoms with Crippen LogP contribution in [0.3, 0.4) is 0 Å². The number of nitrogens with zero attached hydrogens (tertiary/aromatic N) is 3. The van der Waals surface area contributed by atoms with Crippen LogP contribution in [0.2, 0.25) is 0 Å². The minimum absolute atomic E-state index is 0.230. The van der Waals surface area contributed by atoms with Crippen molar-refractivity contribution in [2.75, 3.05) is 6.26 Å². The van der Waals surface area contributed by atoms with Gasteiger partial charge in [-0.15, -0.1) is 0 Å². The van der Waals surface area contributed by atoms with Crippen LogP contribution in [0.5, 0.6) is 0 Å². The highest BCUT2D eigenvalue weighted by Gasteiger charge is 2.09. The van der Waals surface area contributed by atoms with Crippen LogP contribution in [0, 0.1) is 0 Å². The molecule has 0 aromatic carbocycles. The lowest BCUT2D eigenvalue weighted by Gasteiger charge is -2.02. The van der Waals surface area contributed by atoms with E-state index < -0.39 is 0 Å². The number of amides is 1. The molecule has 6 nitrogen and oxygen atoms in total. The molecule has 1 amide bonds. The van der Waals surface area contributed by atoms with Crippen molar-refractivity contribution in [3.63, 3.8) is 0 Å². The van der Waals surface area contributed by atoms with Crippen LogP contribution in [-0.2, 0) is 13.0 Å². The Hall–Kier alpha value is -1.89. The molecule has 0 saturated heterocycles. The molecule has 0 radical (unpaired) electrons. The number of nitrogens with one attached hydrogen (secondary N) is 1. The van der Waals surface area contributed by atoms with E-state index in [2.05, 4.69) is 27.4 Å². The average Bonchev–Trinajstić information content (AvgIpc) is 2.93. The van der Waals surface area contributed by atoms with E-state index in [1.807, 2.05) is 12.3 Å². The largest absolute Gasteiger partial charge is 0.359 e. The second-order valence-corrected chi connectivity index (χ2v) is 4.95. The van der Waals surface area contributed by atoms with E-state index >= 15 is 0 Å².